The molecule has 2 fully saturated rings. The molecule has 0 saturated carbocycles. The fourth-order valence-electron chi connectivity index (χ4n) is 8.90. The van der Waals surface area contributed by atoms with Gasteiger partial charge in [-0.15, -0.1) is 0 Å². The maximum atomic E-state index is 13.0. The number of carbonyl (C=O) groups excluding carboxylic acids is 1. The molecular formula is C55H102O14. The number of hydrogen-bond acceptors (Lipinski definition) is 14. The van der Waals surface area contributed by atoms with Crippen molar-refractivity contribution in [2.24, 2.45) is 0 Å². The van der Waals surface area contributed by atoms with Crippen molar-refractivity contribution in [2.75, 3.05) is 33.0 Å². The number of esters is 1. The van der Waals surface area contributed by atoms with Crippen molar-refractivity contribution < 1.29 is 69.0 Å². The molecule has 2 heterocycles. The van der Waals surface area contributed by atoms with Gasteiger partial charge >= 0.3 is 5.97 Å². The molecule has 14 heteroatoms. The summed E-state index contributed by atoms with van der Waals surface area (Å²) in [6.45, 7) is 3.71. The van der Waals surface area contributed by atoms with Crippen LogP contribution in [0, 0.1) is 0 Å². The van der Waals surface area contributed by atoms with Gasteiger partial charge in [0, 0.05) is 13.0 Å². The summed E-state index contributed by atoms with van der Waals surface area (Å²) in [5.41, 5.74) is 0. The van der Waals surface area contributed by atoms with Gasteiger partial charge in [0.05, 0.1) is 26.4 Å². The summed E-state index contributed by atoms with van der Waals surface area (Å²) in [4.78, 5) is 13.0. The molecule has 2 aliphatic rings. The van der Waals surface area contributed by atoms with Crippen molar-refractivity contribution in [2.45, 2.75) is 287 Å². The average Bonchev–Trinajstić information content (AvgIpc) is 3.35. The Morgan fingerprint density at radius 1 is 0.478 bits per heavy atom. The van der Waals surface area contributed by atoms with Crippen molar-refractivity contribution in [3.63, 3.8) is 0 Å². The number of hydrogen-bond donors (Lipinski definition) is 7. The summed E-state index contributed by atoms with van der Waals surface area (Å²) >= 11 is 0. The first-order chi connectivity index (χ1) is 33.6. The lowest BCUT2D eigenvalue weighted by atomic mass is 9.98. The Hall–Kier alpha value is -1.53. The minimum atomic E-state index is -1.70. The Morgan fingerprint density at radius 3 is 1.39 bits per heavy atom. The third kappa shape index (κ3) is 30.3. The minimum absolute atomic E-state index is 0.0643. The smallest absolute Gasteiger partial charge is 0.306 e. The van der Waals surface area contributed by atoms with E-state index in [-0.39, 0.29) is 25.6 Å². The molecule has 2 aliphatic heterocycles. The molecule has 69 heavy (non-hydrogen) atoms. The number of allylic oxidation sites excluding steroid dienone is 4. The summed E-state index contributed by atoms with van der Waals surface area (Å²) in [6.07, 6.45) is 30.9. The Labute approximate surface area is 417 Å². The van der Waals surface area contributed by atoms with E-state index in [1.165, 1.54) is 141 Å². The molecule has 0 spiro atoms. The Morgan fingerprint density at radius 2 is 0.899 bits per heavy atom. The number of aliphatic hydroxyl groups is 7. The fourth-order valence-corrected chi connectivity index (χ4v) is 8.90. The lowest BCUT2D eigenvalue weighted by molar-refractivity contribution is -0.332. The molecule has 0 bridgehead atoms. The normalized spacial score (nSPS) is 25.8. The van der Waals surface area contributed by atoms with Crippen molar-refractivity contribution >= 4 is 5.97 Å². The molecule has 14 nitrogen and oxygen atoms in total. The van der Waals surface area contributed by atoms with Crippen LogP contribution >= 0.6 is 0 Å². The van der Waals surface area contributed by atoms with Crippen LogP contribution in [0.15, 0.2) is 24.3 Å². The largest absolute Gasteiger partial charge is 0.457 e. The molecule has 11 unspecified atom stereocenters. The van der Waals surface area contributed by atoms with E-state index >= 15 is 0 Å². The predicted octanol–water partition coefficient (Wildman–Crippen LogP) is 9.19. The highest BCUT2D eigenvalue weighted by atomic mass is 16.7. The topological polar surface area (TPSA) is 214 Å². The van der Waals surface area contributed by atoms with Gasteiger partial charge in [-0.05, 0) is 44.9 Å². The van der Waals surface area contributed by atoms with E-state index in [0.29, 0.717) is 13.0 Å². The second kappa shape index (κ2) is 42.9. The maximum Gasteiger partial charge on any atom is 0.306 e. The van der Waals surface area contributed by atoms with Gasteiger partial charge in [-0.1, -0.05) is 192 Å². The van der Waals surface area contributed by atoms with Crippen LogP contribution in [-0.4, -0.2) is 142 Å². The maximum absolute atomic E-state index is 13.0. The summed E-state index contributed by atoms with van der Waals surface area (Å²) < 4.78 is 34.3. The van der Waals surface area contributed by atoms with E-state index in [4.69, 9.17) is 28.4 Å². The average molecular weight is 987 g/mol. The lowest BCUT2D eigenvalue weighted by Crippen LogP contribution is -2.61. The standard InChI is InChI=1S/C55H102O14/c1-3-5-7-9-11-13-15-17-19-20-21-22-23-24-25-26-28-30-32-34-36-38-47(57)67-44(41-64-39-37-35-33-31-29-27-18-16-14-12-10-8-6-4-2)42-65-54-53(63)51(61)49(59)46(69-54)43-66-55-52(62)50(60)48(58)45(40-56)68-55/h15,17,20-21,44-46,48-56,58-63H,3-14,16,18-19,22-43H2,1-2H3/b17-15-,21-20-. The SMILES string of the molecule is CCCCCCC/C=C\C/C=C\CCCCCCCCCCCC(=O)OC(COCCCCCCCCCCCCCCCC)COC1OC(COC2OC(CO)C(O)C(O)C2O)C(O)C(O)C1O. The molecule has 0 aromatic carbocycles. The predicted molar refractivity (Wildman–Crippen MR) is 270 cm³/mol. The van der Waals surface area contributed by atoms with Crippen LogP contribution in [-0.2, 0) is 33.2 Å². The lowest BCUT2D eigenvalue weighted by Gasteiger charge is -2.42. The number of unbranched alkanes of at least 4 members (excludes halogenated alkanes) is 27. The Balaban J connectivity index is 1.72. The van der Waals surface area contributed by atoms with Gasteiger partial charge in [-0.2, -0.15) is 0 Å². The minimum Gasteiger partial charge on any atom is -0.457 e. The van der Waals surface area contributed by atoms with Crippen molar-refractivity contribution in [1.29, 1.82) is 0 Å². The van der Waals surface area contributed by atoms with E-state index in [9.17, 15) is 40.5 Å². The molecular weight excluding hydrogens is 885 g/mol. The van der Waals surface area contributed by atoms with Crippen molar-refractivity contribution in [1.82, 2.24) is 0 Å². The van der Waals surface area contributed by atoms with Gasteiger partial charge < -0.3 is 64.2 Å². The van der Waals surface area contributed by atoms with Crippen LogP contribution in [0.4, 0.5) is 0 Å². The molecule has 0 aromatic rings. The van der Waals surface area contributed by atoms with Gasteiger partial charge in [0.25, 0.3) is 0 Å². The van der Waals surface area contributed by atoms with Crippen LogP contribution in [0.2, 0.25) is 0 Å². The van der Waals surface area contributed by atoms with Crippen LogP contribution in [0.25, 0.3) is 0 Å². The molecule has 2 rings (SSSR count). The van der Waals surface area contributed by atoms with Crippen LogP contribution in [0.5, 0.6) is 0 Å². The molecule has 0 amide bonds. The number of ether oxygens (including phenoxy) is 6. The molecule has 11 atom stereocenters. The van der Waals surface area contributed by atoms with E-state index in [0.717, 1.165) is 51.4 Å². The molecule has 2 saturated heterocycles. The van der Waals surface area contributed by atoms with Crippen molar-refractivity contribution in [3.05, 3.63) is 24.3 Å². The van der Waals surface area contributed by atoms with Gasteiger partial charge in [0.15, 0.2) is 12.6 Å². The van der Waals surface area contributed by atoms with Crippen molar-refractivity contribution in [3.8, 4) is 0 Å². The Kier molecular flexibility index (Phi) is 39.6. The zero-order chi connectivity index (χ0) is 50.2. The van der Waals surface area contributed by atoms with E-state index in [1.807, 2.05) is 0 Å². The van der Waals surface area contributed by atoms with E-state index in [1.54, 1.807) is 0 Å². The van der Waals surface area contributed by atoms with Gasteiger partial charge in [-0.25, -0.2) is 0 Å². The second-order valence-electron chi connectivity index (χ2n) is 19.8. The highest BCUT2D eigenvalue weighted by molar-refractivity contribution is 5.69. The third-order valence-electron chi connectivity index (χ3n) is 13.5. The first-order valence-corrected chi connectivity index (χ1v) is 27.9. The third-order valence-corrected chi connectivity index (χ3v) is 13.5. The zero-order valence-corrected chi connectivity index (χ0v) is 43.3. The molecule has 406 valence electrons. The number of rotatable bonds is 45. The summed E-state index contributed by atoms with van der Waals surface area (Å²) in [5, 5.41) is 72.2. The zero-order valence-electron chi connectivity index (χ0n) is 43.3. The van der Waals surface area contributed by atoms with Gasteiger partial charge in [0.2, 0.25) is 0 Å². The summed E-state index contributed by atoms with van der Waals surface area (Å²) in [5.74, 6) is -0.377. The molecule has 0 aliphatic carbocycles. The first kappa shape index (κ1) is 63.6. The second-order valence-corrected chi connectivity index (χ2v) is 19.8. The fraction of sp³-hybridized carbons (Fsp3) is 0.909. The summed E-state index contributed by atoms with van der Waals surface area (Å²) in [7, 11) is 0. The highest BCUT2D eigenvalue weighted by Gasteiger charge is 2.47. The Bertz CT molecular complexity index is 1240. The number of aliphatic hydroxyl groups excluding tert-OH is 7. The van der Waals surface area contributed by atoms with Crippen LogP contribution in [0.3, 0.4) is 0 Å². The first-order valence-electron chi connectivity index (χ1n) is 27.9. The molecule has 0 radical (unpaired) electrons. The molecule has 0 aromatic heterocycles. The van der Waals surface area contributed by atoms with Gasteiger partial charge in [-0.3, -0.25) is 4.79 Å². The van der Waals surface area contributed by atoms with E-state index < -0.39 is 80.7 Å². The van der Waals surface area contributed by atoms with Crippen LogP contribution in [0.1, 0.15) is 219 Å². The quantitative estimate of drug-likeness (QED) is 0.0172. The highest BCUT2D eigenvalue weighted by Crippen LogP contribution is 2.27. The monoisotopic (exact) mass is 987 g/mol. The van der Waals surface area contributed by atoms with E-state index in [2.05, 4.69) is 38.2 Å². The van der Waals surface area contributed by atoms with Gasteiger partial charge in [0.1, 0.15) is 54.9 Å². The van der Waals surface area contributed by atoms with Crippen LogP contribution < -0.4 is 0 Å². The summed E-state index contributed by atoms with van der Waals surface area (Å²) in [6, 6.07) is 0. The number of carbonyl (C=O) groups is 1. The molecule has 7 N–H and O–H groups in total.